The lowest BCUT2D eigenvalue weighted by atomic mass is 10.1. The van der Waals surface area contributed by atoms with Crippen LogP contribution in [0.15, 0.2) is 28.7 Å². The number of rotatable bonds is 6. The summed E-state index contributed by atoms with van der Waals surface area (Å²) in [6.07, 6.45) is 1.09. The number of ether oxygens (including phenoxy) is 1. The summed E-state index contributed by atoms with van der Waals surface area (Å²) >= 11 is 0. The van der Waals surface area contributed by atoms with E-state index < -0.39 is 28.3 Å². The van der Waals surface area contributed by atoms with Crippen molar-refractivity contribution in [3.8, 4) is 0 Å². The van der Waals surface area contributed by atoms with Gasteiger partial charge in [0.05, 0.1) is 11.5 Å². The third kappa shape index (κ3) is 4.06. The van der Waals surface area contributed by atoms with Gasteiger partial charge in [0.1, 0.15) is 5.58 Å². The summed E-state index contributed by atoms with van der Waals surface area (Å²) in [6.45, 7) is 5.11. The minimum atomic E-state index is -3.13. The average Bonchev–Trinajstić information content (AvgIpc) is 3.19. The zero-order valence-electron chi connectivity index (χ0n) is 16.3. The minimum absolute atomic E-state index is 0.0420. The second-order valence-electron chi connectivity index (χ2n) is 7.24. The second kappa shape index (κ2) is 7.95. The van der Waals surface area contributed by atoms with Crippen LogP contribution in [0.25, 0.3) is 11.0 Å². The number of fused-ring (bicyclic) bond motifs is 1. The highest BCUT2D eigenvalue weighted by atomic mass is 32.2. The number of carbonyl (C=O) groups is 2. The smallest absolute Gasteiger partial charge is 0.375 e. The predicted molar refractivity (Wildman–Crippen MR) is 105 cm³/mol. The molecule has 2 unspecified atom stereocenters. The Hall–Kier alpha value is -2.35. The van der Waals surface area contributed by atoms with Crippen molar-refractivity contribution < 1.29 is 27.2 Å². The largest absolute Gasteiger partial charge is 0.450 e. The van der Waals surface area contributed by atoms with Gasteiger partial charge in [-0.3, -0.25) is 4.79 Å². The molecule has 2 heterocycles. The molecule has 0 spiro atoms. The van der Waals surface area contributed by atoms with Crippen LogP contribution in [0.2, 0.25) is 0 Å². The van der Waals surface area contributed by atoms with Gasteiger partial charge in [-0.15, -0.1) is 0 Å². The number of para-hydroxylation sites is 1. The molecule has 1 aromatic heterocycles. The Labute approximate surface area is 164 Å². The van der Waals surface area contributed by atoms with Gasteiger partial charge in [0.2, 0.25) is 5.76 Å². The van der Waals surface area contributed by atoms with Crippen LogP contribution in [0.3, 0.4) is 0 Å². The van der Waals surface area contributed by atoms with Crippen LogP contribution in [0.5, 0.6) is 0 Å². The van der Waals surface area contributed by atoms with Crippen molar-refractivity contribution in [1.29, 1.82) is 0 Å². The van der Waals surface area contributed by atoms with Crippen LogP contribution in [-0.2, 0) is 19.4 Å². The molecule has 1 aromatic carbocycles. The zero-order valence-corrected chi connectivity index (χ0v) is 17.1. The Bertz CT molecular complexity index is 993. The Morgan fingerprint density at radius 3 is 2.64 bits per heavy atom. The molecule has 3 rings (SSSR count). The molecule has 2 aromatic rings. The summed E-state index contributed by atoms with van der Waals surface area (Å²) in [5.74, 6) is -0.980. The molecule has 1 amide bonds. The van der Waals surface area contributed by atoms with E-state index in [1.807, 2.05) is 32.0 Å². The van der Waals surface area contributed by atoms with Crippen LogP contribution in [0, 0.1) is 6.92 Å². The molecule has 8 heteroatoms. The number of aryl methyl sites for hydroxylation is 1. The number of furan rings is 1. The monoisotopic (exact) mass is 407 g/mol. The van der Waals surface area contributed by atoms with E-state index in [0.717, 1.165) is 5.39 Å². The number of esters is 1. The van der Waals surface area contributed by atoms with Crippen molar-refractivity contribution >= 4 is 32.7 Å². The van der Waals surface area contributed by atoms with Gasteiger partial charge in [-0.25, -0.2) is 13.2 Å². The molecule has 0 aliphatic carbocycles. The van der Waals surface area contributed by atoms with Crippen molar-refractivity contribution in [3.63, 3.8) is 0 Å². The lowest BCUT2D eigenvalue weighted by Crippen LogP contribution is -2.48. The summed E-state index contributed by atoms with van der Waals surface area (Å²) in [5.41, 5.74) is 1.24. The Kier molecular flexibility index (Phi) is 5.79. The first-order valence-corrected chi connectivity index (χ1v) is 11.2. The van der Waals surface area contributed by atoms with Gasteiger partial charge in [0.25, 0.3) is 5.91 Å². The first-order chi connectivity index (χ1) is 13.2. The van der Waals surface area contributed by atoms with Crippen LogP contribution in [0.4, 0.5) is 0 Å². The molecule has 28 heavy (non-hydrogen) atoms. The highest BCUT2D eigenvalue weighted by Crippen LogP contribution is 2.26. The molecule has 1 saturated heterocycles. The highest BCUT2D eigenvalue weighted by molar-refractivity contribution is 7.91. The van der Waals surface area contributed by atoms with E-state index >= 15 is 0 Å². The molecular weight excluding hydrogens is 382 g/mol. The molecule has 0 saturated carbocycles. The zero-order chi connectivity index (χ0) is 20.5. The molecule has 7 nitrogen and oxygen atoms in total. The SMILES string of the molecule is CCC(C)N(C(=O)COC(=O)c1oc2ccccc2c1C)C1CCS(=O)(=O)C1. The van der Waals surface area contributed by atoms with Crippen molar-refractivity contribution in [2.24, 2.45) is 0 Å². The van der Waals surface area contributed by atoms with E-state index in [4.69, 9.17) is 9.15 Å². The number of sulfone groups is 1. The van der Waals surface area contributed by atoms with Crippen LogP contribution in [0.1, 0.15) is 42.8 Å². The summed E-state index contributed by atoms with van der Waals surface area (Å²) in [5, 5.41) is 0.818. The fourth-order valence-corrected chi connectivity index (χ4v) is 5.35. The second-order valence-corrected chi connectivity index (χ2v) is 9.47. The van der Waals surface area contributed by atoms with Gasteiger partial charge >= 0.3 is 5.97 Å². The number of hydrogen-bond donors (Lipinski definition) is 0. The van der Waals surface area contributed by atoms with Gasteiger partial charge in [-0.1, -0.05) is 25.1 Å². The quantitative estimate of drug-likeness (QED) is 0.684. The van der Waals surface area contributed by atoms with E-state index in [1.165, 1.54) is 0 Å². The number of carbonyl (C=O) groups excluding carboxylic acids is 2. The van der Waals surface area contributed by atoms with Crippen LogP contribution >= 0.6 is 0 Å². The maximum absolute atomic E-state index is 12.8. The van der Waals surface area contributed by atoms with E-state index in [9.17, 15) is 18.0 Å². The Morgan fingerprint density at radius 1 is 1.32 bits per heavy atom. The number of amides is 1. The predicted octanol–water partition coefficient (Wildman–Crippen LogP) is 2.71. The lowest BCUT2D eigenvalue weighted by Gasteiger charge is -2.33. The molecule has 0 bridgehead atoms. The van der Waals surface area contributed by atoms with E-state index in [1.54, 1.807) is 17.9 Å². The normalized spacial score (nSPS) is 19.5. The minimum Gasteiger partial charge on any atom is -0.450 e. The van der Waals surface area contributed by atoms with E-state index in [2.05, 4.69) is 0 Å². The van der Waals surface area contributed by atoms with Gasteiger partial charge in [0.15, 0.2) is 16.4 Å². The van der Waals surface area contributed by atoms with E-state index in [-0.39, 0.29) is 29.3 Å². The highest BCUT2D eigenvalue weighted by Gasteiger charge is 2.37. The maximum atomic E-state index is 12.8. The first kappa shape index (κ1) is 20.4. The number of nitrogens with zero attached hydrogens (tertiary/aromatic N) is 1. The first-order valence-electron chi connectivity index (χ1n) is 9.40. The molecule has 1 aliphatic heterocycles. The van der Waals surface area contributed by atoms with Gasteiger partial charge in [-0.2, -0.15) is 0 Å². The van der Waals surface area contributed by atoms with Crippen molar-refractivity contribution in [1.82, 2.24) is 4.90 Å². The molecule has 2 atom stereocenters. The summed E-state index contributed by atoms with van der Waals surface area (Å²) < 4.78 is 34.4. The Morgan fingerprint density at radius 2 is 2.04 bits per heavy atom. The Balaban J connectivity index is 1.71. The van der Waals surface area contributed by atoms with Crippen molar-refractivity contribution in [2.45, 2.75) is 45.7 Å². The average molecular weight is 407 g/mol. The molecule has 1 fully saturated rings. The standard InChI is InChI=1S/C20H25NO6S/c1-4-13(2)21(15-9-10-28(24,25)12-15)18(22)11-26-20(23)19-14(3)16-7-5-6-8-17(16)27-19/h5-8,13,15H,4,9-12H2,1-3H3. The fraction of sp³-hybridized carbons (Fsp3) is 0.500. The fourth-order valence-electron chi connectivity index (χ4n) is 3.64. The number of hydrogen-bond acceptors (Lipinski definition) is 6. The summed E-state index contributed by atoms with van der Waals surface area (Å²) in [6, 6.07) is 6.75. The molecule has 0 radical (unpaired) electrons. The van der Waals surface area contributed by atoms with Crippen LogP contribution < -0.4 is 0 Å². The molecule has 152 valence electrons. The summed E-state index contributed by atoms with van der Waals surface area (Å²) in [4.78, 5) is 26.8. The van der Waals surface area contributed by atoms with Crippen molar-refractivity contribution in [2.75, 3.05) is 18.1 Å². The molecular formula is C20H25NO6S. The topological polar surface area (TPSA) is 93.9 Å². The van der Waals surface area contributed by atoms with Gasteiger partial charge < -0.3 is 14.1 Å². The van der Waals surface area contributed by atoms with E-state index in [0.29, 0.717) is 24.0 Å². The molecule has 1 aliphatic rings. The summed E-state index contributed by atoms with van der Waals surface area (Å²) in [7, 11) is -3.13. The van der Waals surface area contributed by atoms with Crippen LogP contribution in [-0.4, -0.2) is 55.4 Å². The third-order valence-electron chi connectivity index (χ3n) is 5.31. The van der Waals surface area contributed by atoms with Crippen molar-refractivity contribution in [3.05, 3.63) is 35.6 Å². The van der Waals surface area contributed by atoms with Gasteiger partial charge in [-0.05, 0) is 32.8 Å². The molecule has 0 N–H and O–H groups in total. The third-order valence-corrected chi connectivity index (χ3v) is 7.06. The number of benzene rings is 1. The lowest BCUT2D eigenvalue weighted by molar-refractivity contribution is -0.138. The van der Waals surface area contributed by atoms with Gasteiger partial charge in [0, 0.05) is 23.0 Å². The maximum Gasteiger partial charge on any atom is 0.375 e.